The van der Waals surface area contributed by atoms with Crippen LogP contribution in [0.1, 0.15) is 56.0 Å². The molecule has 2 N–H and O–H groups in total. The van der Waals surface area contributed by atoms with Gasteiger partial charge in [0.25, 0.3) is 0 Å². The summed E-state index contributed by atoms with van der Waals surface area (Å²) >= 11 is 0. The lowest BCUT2D eigenvalue weighted by Crippen LogP contribution is -2.46. The zero-order valence-electron chi connectivity index (χ0n) is 29.4. The molecule has 1 aliphatic carbocycles. The summed E-state index contributed by atoms with van der Waals surface area (Å²) in [4.78, 5) is 68.7. The number of ether oxygens (including phenoxy) is 4. The smallest absolute Gasteiger partial charge is 0.421 e. The zero-order valence-corrected chi connectivity index (χ0v) is 29.4. The minimum atomic E-state index is -0.904. The van der Waals surface area contributed by atoms with Gasteiger partial charge in [-0.1, -0.05) is 78.9 Å². The Morgan fingerprint density at radius 2 is 1.46 bits per heavy atom. The van der Waals surface area contributed by atoms with Gasteiger partial charge in [-0.25, -0.2) is 19.4 Å². The third-order valence-electron chi connectivity index (χ3n) is 7.82. The standard InChI is InChI=1S/C38H41N5O9/c1-5-49-33(44)21-42(41-37(48)51-24-31-29-17-11-9-15-27(29)28-16-10-12-18-30(28)31)20-26-19-32(40-36(47)50-23-25-13-7-6-8-14-25)39-35(46)43(26)22-34(45)52-38(2,3)4/h6-19,31H,5,20-24H2,1-4H3,(H,41,48)(H,39,40,46,47). The first-order valence-corrected chi connectivity index (χ1v) is 16.7. The van der Waals surface area contributed by atoms with Crippen molar-refractivity contribution in [2.45, 2.75) is 58.9 Å². The molecule has 0 spiro atoms. The van der Waals surface area contributed by atoms with E-state index in [2.05, 4.69) is 15.7 Å². The van der Waals surface area contributed by atoms with Crippen LogP contribution in [0.2, 0.25) is 0 Å². The number of fused-ring (bicyclic) bond motifs is 3. The summed E-state index contributed by atoms with van der Waals surface area (Å²) in [6.07, 6.45) is -1.75. The van der Waals surface area contributed by atoms with Gasteiger partial charge >= 0.3 is 29.8 Å². The first kappa shape index (κ1) is 37.2. The average Bonchev–Trinajstić information content (AvgIpc) is 3.41. The fourth-order valence-corrected chi connectivity index (χ4v) is 5.74. The number of anilines is 1. The van der Waals surface area contributed by atoms with E-state index in [-0.39, 0.29) is 43.8 Å². The Morgan fingerprint density at radius 3 is 2.10 bits per heavy atom. The molecule has 0 unspecified atom stereocenters. The molecule has 1 heterocycles. The molecule has 14 heteroatoms. The molecule has 0 atom stereocenters. The van der Waals surface area contributed by atoms with Crippen molar-refractivity contribution in [3.63, 3.8) is 0 Å². The topological polar surface area (TPSA) is 167 Å². The molecular weight excluding hydrogens is 670 g/mol. The molecule has 0 fully saturated rings. The Labute approximate surface area is 300 Å². The van der Waals surface area contributed by atoms with Crippen LogP contribution < -0.4 is 16.4 Å². The van der Waals surface area contributed by atoms with Gasteiger partial charge in [0.2, 0.25) is 0 Å². The van der Waals surface area contributed by atoms with Crippen molar-refractivity contribution in [2.75, 3.05) is 25.1 Å². The van der Waals surface area contributed by atoms with Gasteiger partial charge in [-0.15, -0.1) is 0 Å². The number of carbonyl (C=O) groups is 4. The first-order valence-electron chi connectivity index (χ1n) is 16.7. The van der Waals surface area contributed by atoms with Gasteiger partial charge in [0, 0.05) is 17.7 Å². The highest BCUT2D eigenvalue weighted by Gasteiger charge is 2.30. The molecule has 4 aromatic rings. The summed E-state index contributed by atoms with van der Waals surface area (Å²) in [5.41, 5.74) is 5.81. The molecule has 14 nitrogen and oxygen atoms in total. The molecule has 2 amide bonds. The fraction of sp³-hybridized carbons (Fsp3) is 0.316. The van der Waals surface area contributed by atoms with Crippen molar-refractivity contribution in [2.24, 2.45) is 0 Å². The molecule has 272 valence electrons. The van der Waals surface area contributed by atoms with E-state index in [1.165, 1.54) is 11.1 Å². The SMILES string of the molecule is CCOC(=O)CN(Cc1cc(NC(=O)OCc2ccccc2)nc(=O)n1CC(=O)OC(C)(C)C)NC(=O)OCC1c2ccccc2-c2ccccc21. The molecule has 0 bridgehead atoms. The fourth-order valence-electron chi connectivity index (χ4n) is 5.74. The molecular formula is C38H41N5O9. The van der Waals surface area contributed by atoms with E-state index in [0.717, 1.165) is 32.4 Å². The van der Waals surface area contributed by atoms with Crippen LogP contribution in [0.15, 0.2) is 89.7 Å². The van der Waals surface area contributed by atoms with Crippen molar-refractivity contribution in [3.8, 4) is 11.1 Å². The van der Waals surface area contributed by atoms with Crippen LogP contribution in [-0.2, 0) is 48.2 Å². The number of esters is 2. The van der Waals surface area contributed by atoms with Gasteiger partial charge < -0.3 is 18.9 Å². The third-order valence-corrected chi connectivity index (χ3v) is 7.82. The van der Waals surface area contributed by atoms with Crippen molar-refractivity contribution < 1.29 is 38.1 Å². The van der Waals surface area contributed by atoms with Crippen molar-refractivity contribution >= 4 is 29.9 Å². The maximum absolute atomic E-state index is 13.3. The van der Waals surface area contributed by atoms with Gasteiger partial charge in [-0.05, 0) is 55.5 Å². The predicted molar refractivity (Wildman–Crippen MR) is 190 cm³/mol. The lowest BCUT2D eigenvalue weighted by molar-refractivity contribution is -0.155. The van der Waals surface area contributed by atoms with E-state index in [1.807, 2.05) is 54.6 Å². The number of nitrogens with zero attached hydrogens (tertiary/aromatic N) is 3. The molecule has 0 saturated heterocycles. The van der Waals surface area contributed by atoms with Crippen LogP contribution in [0, 0.1) is 0 Å². The van der Waals surface area contributed by atoms with E-state index >= 15 is 0 Å². The first-order chi connectivity index (χ1) is 24.9. The lowest BCUT2D eigenvalue weighted by atomic mass is 9.98. The number of aromatic nitrogens is 2. The Morgan fingerprint density at radius 1 is 0.827 bits per heavy atom. The molecule has 1 aromatic heterocycles. The summed E-state index contributed by atoms with van der Waals surface area (Å²) in [5.74, 6) is -1.82. The third kappa shape index (κ3) is 10.0. The van der Waals surface area contributed by atoms with Crippen LogP contribution >= 0.6 is 0 Å². The summed E-state index contributed by atoms with van der Waals surface area (Å²) in [6.45, 7) is 5.40. The average molecular weight is 712 g/mol. The van der Waals surface area contributed by atoms with Crippen LogP contribution in [0.4, 0.5) is 15.4 Å². The highest BCUT2D eigenvalue weighted by Crippen LogP contribution is 2.44. The van der Waals surface area contributed by atoms with E-state index in [9.17, 15) is 24.0 Å². The minimum Gasteiger partial charge on any atom is -0.465 e. The Bertz CT molecular complexity index is 1930. The second-order valence-corrected chi connectivity index (χ2v) is 12.9. The van der Waals surface area contributed by atoms with E-state index in [0.29, 0.717) is 0 Å². The number of hydrogen-bond donors (Lipinski definition) is 2. The number of benzene rings is 3. The number of hydrazine groups is 1. The number of nitrogens with one attached hydrogen (secondary N) is 2. The van der Waals surface area contributed by atoms with Crippen molar-refractivity contribution in [1.82, 2.24) is 20.0 Å². The minimum absolute atomic E-state index is 0.00484. The van der Waals surface area contributed by atoms with Crippen LogP contribution in [0.25, 0.3) is 11.1 Å². The summed E-state index contributed by atoms with van der Waals surface area (Å²) < 4.78 is 22.5. The summed E-state index contributed by atoms with van der Waals surface area (Å²) in [7, 11) is 0. The van der Waals surface area contributed by atoms with Crippen molar-refractivity contribution in [3.05, 3.63) is 118 Å². The molecule has 0 aliphatic heterocycles. The second kappa shape index (κ2) is 16.8. The Kier molecular flexibility index (Phi) is 12.0. The monoisotopic (exact) mass is 711 g/mol. The van der Waals surface area contributed by atoms with Crippen LogP contribution in [0.5, 0.6) is 0 Å². The van der Waals surface area contributed by atoms with Crippen LogP contribution in [-0.4, -0.2) is 64.0 Å². The Balaban J connectivity index is 1.36. The van der Waals surface area contributed by atoms with E-state index in [1.54, 1.807) is 52.0 Å². The normalized spacial score (nSPS) is 12.0. The summed E-state index contributed by atoms with van der Waals surface area (Å²) in [6, 6.07) is 26.1. The molecule has 5 rings (SSSR count). The van der Waals surface area contributed by atoms with Gasteiger partial charge in [0.1, 0.15) is 37.7 Å². The molecule has 1 aliphatic rings. The lowest BCUT2D eigenvalue weighted by Gasteiger charge is -2.25. The van der Waals surface area contributed by atoms with Gasteiger partial charge in [0.05, 0.1) is 13.2 Å². The van der Waals surface area contributed by atoms with Crippen molar-refractivity contribution in [1.29, 1.82) is 0 Å². The number of hydrogen-bond acceptors (Lipinski definition) is 11. The molecule has 52 heavy (non-hydrogen) atoms. The highest BCUT2D eigenvalue weighted by atomic mass is 16.6. The summed E-state index contributed by atoms with van der Waals surface area (Å²) in [5, 5.41) is 3.61. The maximum atomic E-state index is 13.3. The van der Waals surface area contributed by atoms with E-state index < -0.39 is 48.5 Å². The van der Waals surface area contributed by atoms with Gasteiger partial charge in [0.15, 0.2) is 0 Å². The van der Waals surface area contributed by atoms with Gasteiger partial charge in [-0.3, -0.25) is 24.9 Å². The highest BCUT2D eigenvalue weighted by molar-refractivity contribution is 5.83. The second-order valence-electron chi connectivity index (χ2n) is 12.9. The Hall–Kier alpha value is -6.02. The largest absolute Gasteiger partial charge is 0.465 e. The van der Waals surface area contributed by atoms with Crippen LogP contribution in [0.3, 0.4) is 0 Å². The molecule has 0 radical (unpaired) electrons. The number of carbonyl (C=O) groups excluding carboxylic acids is 4. The quantitative estimate of drug-likeness (QED) is 0.107. The maximum Gasteiger partial charge on any atom is 0.421 e. The van der Waals surface area contributed by atoms with Gasteiger partial charge in [-0.2, -0.15) is 4.98 Å². The van der Waals surface area contributed by atoms with E-state index in [4.69, 9.17) is 18.9 Å². The molecule has 0 saturated carbocycles. The number of rotatable bonds is 13. The number of amides is 2. The predicted octanol–water partition coefficient (Wildman–Crippen LogP) is 5.15. The molecule has 3 aromatic carbocycles. The zero-order chi connectivity index (χ0) is 37.3.